The van der Waals surface area contributed by atoms with Gasteiger partial charge in [0.15, 0.2) is 0 Å². The fourth-order valence-electron chi connectivity index (χ4n) is 19.5. The van der Waals surface area contributed by atoms with E-state index in [0.29, 0.717) is 0 Å². The first kappa shape index (κ1) is 59.1. The standard InChI is InChI=1S/C100H71BN4/c1-98(2,3)68-52-77(58-20-10-8-11-21-58)96-79(54-68)60-32-40-66(41-33-60)100(7)67-42-34-61(35-43-67)80-55-69(99(4,5)6)53-78(59-22-12-9-13-23-59)97(80)105-90-51-65(63-39-47-88-82(49-63)76-29-19-27-74-72-25-15-17-31-86(72)103(88)95(74)76)37-45-84(90)101-83-44-36-64(50-89(83)104(96)91-56-70(100)57-92(105)93(91)101)62-38-46-87-81(48-62)75-28-18-26-73-71-24-14-16-30-85(71)102(87)94(73)75/h8-57H,1-7H3. The second-order valence-corrected chi connectivity index (χ2v) is 32.5. The van der Waals surface area contributed by atoms with E-state index in [1.54, 1.807) is 0 Å². The number of benzene rings is 15. The van der Waals surface area contributed by atoms with Crippen molar-refractivity contribution in [3.05, 3.63) is 331 Å². The van der Waals surface area contributed by atoms with E-state index in [-0.39, 0.29) is 17.5 Å². The topological polar surface area (TPSA) is 15.3 Å². The van der Waals surface area contributed by atoms with E-state index in [0.717, 1.165) is 0 Å². The summed E-state index contributed by atoms with van der Waals surface area (Å²) in [5, 5.41) is 10.2. The zero-order valence-electron chi connectivity index (χ0n) is 59.7. The number of fused-ring (bicyclic) bond motifs is 20. The van der Waals surface area contributed by atoms with Crippen LogP contribution in [0.5, 0.6) is 0 Å². The highest BCUT2D eigenvalue weighted by Crippen LogP contribution is 2.58. The second-order valence-electron chi connectivity index (χ2n) is 32.5. The van der Waals surface area contributed by atoms with Gasteiger partial charge in [-0.25, -0.2) is 0 Å². The Morgan fingerprint density at radius 1 is 0.267 bits per heavy atom. The monoisotopic (exact) mass is 1340 g/mol. The molecule has 25 rings (SSSR count). The lowest BCUT2D eigenvalue weighted by Crippen LogP contribution is -2.61. The molecule has 0 saturated carbocycles. The van der Waals surface area contributed by atoms with Crippen LogP contribution < -0.4 is 26.2 Å². The summed E-state index contributed by atoms with van der Waals surface area (Å²) in [6.07, 6.45) is 0. The number of aromatic nitrogens is 2. The second kappa shape index (κ2) is 20.7. The molecule has 4 aromatic heterocycles. The Kier molecular flexibility index (Phi) is 11.6. The van der Waals surface area contributed by atoms with Crippen LogP contribution in [-0.2, 0) is 16.2 Å². The van der Waals surface area contributed by atoms with E-state index < -0.39 is 5.41 Å². The van der Waals surface area contributed by atoms with Crippen LogP contribution in [-0.4, -0.2) is 15.5 Å². The van der Waals surface area contributed by atoms with Gasteiger partial charge in [0.2, 0.25) is 0 Å². The zero-order chi connectivity index (χ0) is 69.8. The predicted molar refractivity (Wildman–Crippen MR) is 445 cm³/mol. The predicted octanol–water partition coefficient (Wildman–Crippen LogP) is 24.6. The van der Waals surface area contributed by atoms with Crippen LogP contribution in [0.3, 0.4) is 0 Å². The van der Waals surface area contributed by atoms with Crippen LogP contribution in [0.25, 0.3) is 143 Å². The van der Waals surface area contributed by atoms with Crippen molar-refractivity contribution < 1.29 is 0 Å². The summed E-state index contributed by atoms with van der Waals surface area (Å²) in [5.74, 6) is 0. The normalized spacial score (nSPS) is 14.1. The smallest absolute Gasteiger partial charge is 0.252 e. The van der Waals surface area contributed by atoms with Crippen molar-refractivity contribution in [3.63, 3.8) is 0 Å². The van der Waals surface area contributed by atoms with Crippen molar-refractivity contribution in [2.24, 2.45) is 0 Å². The van der Waals surface area contributed by atoms with Gasteiger partial charge in [-0.2, -0.15) is 0 Å². The van der Waals surface area contributed by atoms with Gasteiger partial charge in [0, 0.05) is 93.5 Å². The Bertz CT molecular complexity index is 6570. The van der Waals surface area contributed by atoms with Crippen molar-refractivity contribution in [1.82, 2.24) is 8.80 Å². The molecule has 7 bridgehead atoms. The average molecular weight is 1340 g/mol. The van der Waals surface area contributed by atoms with Crippen LogP contribution in [0.15, 0.2) is 303 Å². The largest absolute Gasteiger partial charge is 0.310 e. The zero-order valence-corrected chi connectivity index (χ0v) is 59.7. The van der Waals surface area contributed by atoms with E-state index in [4.69, 9.17) is 0 Å². The van der Waals surface area contributed by atoms with Crippen LogP contribution in [0.2, 0.25) is 0 Å². The molecule has 6 aliphatic rings. The summed E-state index contributed by atoms with van der Waals surface area (Å²) in [7, 11) is 0. The number of anilines is 6. The number of nitrogens with zero attached hydrogens (tertiary/aromatic N) is 4. The highest BCUT2D eigenvalue weighted by Gasteiger charge is 2.48. The van der Waals surface area contributed by atoms with E-state index in [9.17, 15) is 0 Å². The van der Waals surface area contributed by atoms with Crippen molar-refractivity contribution in [2.45, 2.75) is 64.7 Å². The summed E-state index contributed by atoms with van der Waals surface area (Å²) < 4.78 is 5.00. The lowest BCUT2D eigenvalue weighted by molar-refractivity contribution is 0.590. The van der Waals surface area contributed by atoms with Gasteiger partial charge in [-0.15, -0.1) is 0 Å². The average Bonchev–Trinajstić information content (AvgIpc) is 1.38. The lowest BCUT2D eigenvalue weighted by Gasteiger charge is -2.47. The summed E-state index contributed by atoms with van der Waals surface area (Å²) in [6, 6.07) is 119. The summed E-state index contributed by atoms with van der Waals surface area (Å²) in [6.45, 7) is 16.5. The molecule has 6 aliphatic heterocycles. The third-order valence-corrected chi connectivity index (χ3v) is 24.9. The molecule has 494 valence electrons. The minimum atomic E-state index is -0.639. The molecule has 105 heavy (non-hydrogen) atoms. The molecule has 0 fully saturated rings. The van der Waals surface area contributed by atoms with Crippen LogP contribution in [0.1, 0.15) is 76.3 Å². The first-order chi connectivity index (χ1) is 51.2. The van der Waals surface area contributed by atoms with E-state index in [2.05, 4.69) is 370 Å². The highest BCUT2D eigenvalue weighted by atomic mass is 15.2. The molecular formula is C100H71BN4. The van der Waals surface area contributed by atoms with Crippen molar-refractivity contribution >= 4 is 133 Å². The fraction of sp³-hybridized carbons (Fsp3) is 0.100. The Morgan fingerprint density at radius 3 is 1.01 bits per heavy atom. The first-order valence-electron chi connectivity index (χ1n) is 37.3. The maximum atomic E-state index is 2.76. The van der Waals surface area contributed by atoms with E-state index in [1.165, 1.54) is 221 Å². The van der Waals surface area contributed by atoms with Gasteiger partial charge in [-0.1, -0.05) is 260 Å². The van der Waals surface area contributed by atoms with Crippen molar-refractivity contribution in [1.29, 1.82) is 0 Å². The Morgan fingerprint density at radius 2 is 0.600 bits per heavy atom. The third-order valence-electron chi connectivity index (χ3n) is 24.9. The molecule has 0 spiro atoms. The molecular weight excluding hydrogens is 1270 g/mol. The minimum Gasteiger partial charge on any atom is -0.310 e. The van der Waals surface area contributed by atoms with Gasteiger partial charge < -0.3 is 18.6 Å². The summed E-state index contributed by atoms with van der Waals surface area (Å²) in [4.78, 5) is 5.52. The number of rotatable bonds is 4. The quantitative estimate of drug-likeness (QED) is 0.163. The molecule has 0 radical (unpaired) electrons. The molecule has 10 heterocycles. The summed E-state index contributed by atoms with van der Waals surface area (Å²) >= 11 is 0. The Labute approximate surface area is 610 Å². The van der Waals surface area contributed by atoms with Gasteiger partial charge in [-0.05, 0) is 191 Å². The van der Waals surface area contributed by atoms with Crippen molar-refractivity contribution in [3.8, 4) is 66.8 Å². The molecule has 15 aromatic carbocycles. The molecule has 4 nitrogen and oxygen atoms in total. The molecule has 0 atom stereocenters. The van der Waals surface area contributed by atoms with Crippen molar-refractivity contribution in [2.75, 3.05) is 9.80 Å². The Balaban J connectivity index is 0.869. The maximum absolute atomic E-state index is 2.76. The van der Waals surface area contributed by atoms with Gasteiger partial charge in [0.05, 0.1) is 44.5 Å². The molecule has 19 aromatic rings. The summed E-state index contributed by atoms with van der Waals surface area (Å²) in [5.41, 5.74) is 37.9. The van der Waals surface area contributed by atoms with E-state index in [1.807, 2.05) is 0 Å². The van der Waals surface area contributed by atoms with E-state index >= 15 is 0 Å². The molecule has 0 aliphatic carbocycles. The fourth-order valence-corrected chi connectivity index (χ4v) is 19.5. The Hall–Kier alpha value is -12.4. The minimum absolute atomic E-state index is 0.181. The highest BCUT2D eigenvalue weighted by molar-refractivity contribution is 7.00. The lowest BCUT2D eigenvalue weighted by atomic mass is 9.33. The van der Waals surface area contributed by atoms with Crippen LogP contribution in [0.4, 0.5) is 34.1 Å². The number of hydrogen-bond donors (Lipinski definition) is 0. The first-order valence-corrected chi connectivity index (χ1v) is 37.3. The van der Waals surface area contributed by atoms with Crippen LogP contribution in [0, 0.1) is 0 Å². The molecule has 0 unspecified atom stereocenters. The third kappa shape index (κ3) is 7.97. The molecule has 0 N–H and O–H groups in total. The maximum Gasteiger partial charge on any atom is 0.252 e. The van der Waals surface area contributed by atoms with Gasteiger partial charge in [0.1, 0.15) is 0 Å². The van der Waals surface area contributed by atoms with Gasteiger partial charge in [-0.3, -0.25) is 0 Å². The number of hydrogen-bond acceptors (Lipinski definition) is 2. The van der Waals surface area contributed by atoms with Crippen LogP contribution >= 0.6 is 0 Å². The molecule has 0 saturated heterocycles. The molecule has 0 amide bonds. The number of para-hydroxylation sites is 4. The molecule has 5 heteroatoms. The van der Waals surface area contributed by atoms with Gasteiger partial charge in [0.25, 0.3) is 6.71 Å². The van der Waals surface area contributed by atoms with Gasteiger partial charge >= 0.3 is 0 Å². The SMILES string of the molecule is CC(C)(C)c1cc(-c2ccccc2)c2c(c1)-c1ccc(cc1)C1(C)c3ccc(cc3)-c3cc(C(C)(C)C)cc(-c4ccccc4)c3N3c4cc(-c5ccc6c(c5)c5cccc7c8ccccc8n6c75)ccc4B4c5ccc(-c6ccc7c(c6)c6cccc8c9ccccc9n7c86)cc5N2c2cc1cc3c24.